The molecule has 0 radical (unpaired) electrons. The largest absolute Gasteiger partial charge is 0.508 e. The van der Waals surface area contributed by atoms with E-state index in [-0.39, 0.29) is 0 Å². The Kier molecular flexibility index (Phi) is 5.19. The second kappa shape index (κ2) is 7.91. The number of rotatable bonds is 5. The standard InChI is InChI=1S/C24H28N2O/c1-18-13-14-22(17-23(18)25-20-9-3-2-4-10-20)26-15-7-11-21(26)16-19-8-5-6-12-24(19)27/h5-8,11-15,17,20,25,27H,2-4,9-10,16H2,1H3. The highest BCUT2D eigenvalue weighted by Gasteiger charge is 2.15. The van der Waals surface area contributed by atoms with Gasteiger partial charge in [-0.05, 0) is 61.2 Å². The van der Waals surface area contributed by atoms with E-state index >= 15 is 0 Å². The summed E-state index contributed by atoms with van der Waals surface area (Å²) in [5.74, 6) is 0.355. The Balaban J connectivity index is 1.60. The van der Waals surface area contributed by atoms with Crippen LogP contribution in [-0.2, 0) is 6.42 Å². The molecule has 1 aromatic heterocycles. The number of nitrogens with one attached hydrogen (secondary N) is 1. The third kappa shape index (κ3) is 4.02. The zero-order valence-electron chi connectivity index (χ0n) is 16.0. The summed E-state index contributed by atoms with van der Waals surface area (Å²) in [7, 11) is 0. The highest BCUT2D eigenvalue weighted by atomic mass is 16.3. The van der Waals surface area contributed by atoms with Gasteiger partial charge in [-0.25, -0.2) is 0 Å². The fourth-order valence-electron chi connectivity index (χ4n) is 4.05. The van der Waals surface area contributed by atoms with Gasteiger partial charge in [0.1, 0.15) is 5.75 Å². The van der Waals surface area contributed by atoms with Gasteiger partial charge in [0.2, 0.25) is 0 Å². The van der Waals surface area contributed by atoms with Gasteiger partial charge in [0.05, 0.1) is 0 Å². The molecule has 0 aliphatic heterocycles. The molecule has 0 atom stereocenters. The summed E-state index contributed by atoms with van der Waals surface area (Å²) in [6, 6.07) is 19.0. The van der Waals surface area contributed by atoms with Gasteiger partial charge < -0.3 is 15.0 Å². The summed E-state index contributed by atoms with van der Waals surface area (Å²) in [6.07, 6.45) is 9.38. The number of phenolic OH excluding ortho intramolecular Hbond substituents is 1. The summed E-state index contributed by atoms with van der Waals surface area (Å²) < 4.78 is 2.22. The molecule has 0 bridgehead atoms. The van der Waals surface area contributed by atoms with Crippen LogP contribution in [0.5, 0.6) is 5.75 Å². The number of benzene rings is 2. The van der Waals surface area contributed by atoms with Gasteiger partial charge in [0.15, 0.2) is 0 Å². The van der Waals surface area contributed by atoms with Crippen molar-refractivity contribution in [1.82, 2.24) is 4.57 Å². The van der Waals surface area contributed by atoms with Crippen molar-refractivity contribution >= 4 is 5.69 Å². The Labute approximate surface area is 161 Å². The van der Waals surface area contributed by atoms with Gasteiger partial charge in [-0.2, -0.15) is 0 Å². The lowest BCUT2D eigenvalue weighted by atomic mass is 9.95. The third-order valence-corrected chi connectivity index (χ3v) is 5.66. The molecule has 27 heavy (non-hydrogen) atoms. The lowest BCUT2D eigenvalue weighted by Crippen LogP contribution is -2.22. The minimum Gasteiger partial charge on any atom is -0.508 e. The topological polar surface area (TPSA) is 37.2 Å². The Morgan fingerprint density at radius 3 is 2.63 bits per heavy atom. The van der Waals surface area contributed by atoms with E-state index in [1.54, 1.807) is 6.07 Å². The number of hydrogen-bond donors (Lipinski definition) is 2. The molecule has 0 saturated heterocycles. The molecule has 1 saturated carbocycles. The van der Waals surface area contributed by atoms with Crippen LogP contribution in [0.15, 0.2) is 60.8 Å². The van der Waals surface area contributed by atoms with Crippen molar-refractivity contribution in [3.63, 3.8) is 0 Å². The van der Waals surface area contributed by atoms with Crippen molar-refractivity contribution in [2.45, 2.75) is 51.5 Å². The van der Waals surface area contributed by atoms with E-state index in [4.69, 9.17) is 0 Å². The van der Waals surface area contributed by atoms with Crippen molar-refractivity contribution in [1.29, 1.82) is 0 Å². The molecule has 1 fully saturated rings. The molecule has 0 unspecified atom stereocenters. The van der Waals surface area contributed by atoms with Crippen LogP contribution in [0.25, 0.3) is 5.69 Å². The lowest BCUT2D eigenvalue weighted by Gasteiger charge is -2.25. The third-order valence-electron chi connectivity index (χ3n) is 5.66. The molecule has 3 nitrogen and oxygen atoms in total. The summed E-state index contributed by atoms with van der Waals surface area (Å²) in [4.78, 5) is 0. The first-order valence-corrected chi connectivity index (χ1v) is 10.0. The second-order valence-corrected chi connectivity index (χ2v) is 7.65. The average molecular weight is 361 g/mol. The predicted molar refractivity (Wildman–Crippen MR) is 112 cm³/mol. The van der Waals surface area contributed by atoms with E-state index in [1.807, 2.05) is 18.2 Å². The van der Waals surface area contributed by atoms with E-state index in [9.17, 15) is 5.11 Å². The Morgan fingerprint density at radius 2 is 1.81 bits per heavy atom. The molecule has 1 aliphatic rings. The average Bonchev–Trinajstić information content (AvgIpc) is 3.14. The first-order chi connectivity index (χ1) is 13.2. The summed E-state index contributed by atoms with van der Waals surface area (Å²) in [6.45, 7) is 2.17. The van der Waals surface area contributed by atoms with Gasteiger partial charge in [0, 0.05) is 35.7 Å². The van der Waals surface area contributed by atoms with E-state index in [0.717, 1.165) is 11.3 Å². The van der Waals surface area contributed by atoms with Crippen molar-refractivity contribution in [2.24, 2.45) is 0 Å². The van der Waals surface area contributed by atoms with Gasteiger partial charge in [-0.1, -0.05) is 43.5 Å². The minimum absolute atomic E-state index is 0.355. The number of para-hydroxylation sites is 1. The van der Waals surface area contributed by atoms with Gasteiger partial charge in [0.25, 0.3) is 0 Å². The fraction of sp³-hybridized carbons (Fsp3) is 0.333. The molecule has 2 N–H and O–H groups in total. The zero-order valence-corrected chi connectivity index (χ0v) is 16.0. The van der Waals surface area contributed by atoms with Gasteiger partial charge in [-0.15, -0.1) is 0 Å². The molecule has 0 spiro atoms. The number of phenols is 1. The molecular weight excluding hydrogens is 332 g/mol. The first kappa shape index (κ1) is 17.7. The van der Waals surface area contributed by atoms with Crippen LogP contribution < -0.4 is 5.32 Å². The number of hydrogen-bond acceptors (Lipinski definition) is 2. The summed E-state index contributed by atoms with van der Waals surface area (Å²) in [5, 5.41) is 13.9. The molecule has 3 heteroatoms. The normalized spacial score (nSPS) is 15.0. The van der Waals surface area contributed by atoms with Crippen LogP contribution in [0.1, 0.15) is 48.9 Å². The van der Waals surface area contributed by atoms with E-state index in [1.165, 1.54) is 49.0 Å². The fourth-order valence-corrected chi connectivity index (χ4v) is 4.05. The Hall–Kier alpha value is -2.68. The van der Waals surface area contributed by atoms with Crippen LogP contribution in [0.2, 0.25) is 0 Å². The molecule has 4 rings (SSSR count). The number of aromatic hydroxyl groups is 1. The summed E-state index contributed by atoms with van der Waals surface area (Å²) in [5.41, 5.74) is 5.81. The summed E-state index contributed by atoms with van der Waals surface area (Å²) >= 11 is 0. The molecular formula is C24H28N2O. The van der Waals surface area contributed by atoms with Crippen molar-refractivity contribution < 1.29 is 5.11 Å². The molecule has 0 amide bonds. The van der Waals surface area contributed by atoms with Crippen LogP contribution in [0.3, 0.4) is 0 Å². The van der Waals surface area contributed by atoms with E-state index in [2.05, 4.69) is 53.3 Å². The SMILES string of the molecule is Cc1ccc(-n2cccc2Cc2ccccc2O)cc1NC1CCCCC1. The molecule has 2 aromatic carbocycles. The van der Waals surface area contributed by atoms with Crippen molar-refractivity contribution in [2.75, 3.05) is 5.32 Å². The van der Waals surface area contributed by atoms with Crippen molar-refractivity contribution in [3.05, 3.63) is 77.6 Å². The highest BCUT2D eigenvalue weighted by Crippen LogP contribution is 2.27. The minimum atomic E-state index is 0.355. The molecule has 1 aliphatic carbocycles. The number of nitrogens with zero attached hydrogens (tertiary/aromatic N) is 1. The number of aromatic nitrogens is 1. The number of anilines is 1. The second-order valence-electron chi connectivity index (χ2n) is 7.65. The maximum absolute atomic E-state index is 10.1. The van der Waals surface area contributed by atoms with Gasteiger partial charge >= 0.3 is 0 Å². The molecule has 140 valence electrons. The van der Waals surface area contributed by atoms with Crippen molar-refractivity contribution in [3.8, 4) is 11.4 Å². The first-order valence-electron chi connectivity index (χ1n) is 10.0. The van der Waals surface area contributed by atoms with Crippen LogP contribution >= 0.6 is 0 Å². The Bertz CT molecular complexity index is 906. The zero-order chi connectivity index (χ0) is 18.6. The molecule has 1 heterocycles. The van der Waals surface area contributed by atoms with Crippen LogP contribution in [-0.4, -0.2) is 15.7 Å². The number of aryl methyl sites for hydroxylation is 1. The predicted octanol–water partition coefficient (Wildman–Crippen LogP) is 5.83. The Morgan fingerprint density at radius 1 is 1.00 bits per heavy atom. The quantitative estimate of drug-likeness (QED) is 0.601. The highest BCUT2D eigenvalue weighted by molar-refractivity contribution is 5.58. The van der Waals surface area contributed by atoms with E-state index in [0.29, 0.717) is 18.2 Å². The van der Waals surface area contributed by atoms with E-state index < -0.39 is 0 Å². The van der Waals surface area contributed by atoms with Crippen LogP contribution in [0.4, 0.5) is 5.69 Å². The maximum atomic E-state index is 10.1. The van der Waals surface area contributed by atoms with Crippen LogP contribution in [0, 0.1) is 6.92 Å². The van der Waals surface area contributed by atoms with Gasteiger partial charge in [-0.3, -0.25) is 0 Å². The lowest BCUT2D eigenvalue weighted by molar-refractivity contribution is 0.462. The molecule has 3 aromatic rings. The smallest absolute Gasteiger partial charge is 0.119 e. The monoisotopic (exact) mass is 360 g/mol. The maximum Gasteiger partial charge on any atom is 0.119 e.